The van der Waals surface area contributed by atoms with E-state index in [1.807, 2.05) is 20.8 Å². The van der Waals surface area contributed by atoms with Gasteiger partial charge in [-0.2, -0.15) is 8.42 Å². The van der Waals surface area contributed by atoms with E-state index in [9.17, 15) is 8.42 Å². The highest BCUT2D eigenvalue weighted by atomic mass is 32.2. The quantitative estimate of drug-likeness (QED) is 0.841. The van der Waals surface area contributed by atoms with Gasteiger partial charge in [0.2, 0.25) is 0 Å². The highest BCUT2D eigenvalue weighted by Crippen LogP contribution is 2.23. The standard InChI is InChI=1S/C12H18O4S/c1-9-5-6-11(17(13,14)15)10(7-9)8-12(2,3)16-4/h5-7H,8H2,1-4H3,(H,13,14,15). The van der Waals surface area contributed by atoms with Crippen molar-refractivity contribution in [3.63, 3.8) is 0 Å². The Morgan fingerprint density at radius 2 is 1.94 bits per heavy atom. The van der Waals surface area contributed by atoms with E-state index in [1.165, 1.54) is 6.07 Å². The molecule has 4 nitrogen and oxygen atoms in total. The molecule has 1 aromatic rings. The van der Waals surface area contributed by atoms with E-state index in [-0.39, 0.29) is 4.90 Å². The molecule has 1 aromatic carbocycles. The third kappa shape index (κ3) is 3.80. The van der Waals surface area contributed by atoms with Crippen LogP contribution in [-0.2, 0) is 21.3 Å². The Morgan fingerprint density at radius 3 is 2.41 bits per heavy atom. The number of methoxy groups -OCH3 is 1. The van der Waals surface area contributed by atoms with Crippen LogP contribution in [0, 0.1) is 6.92 Å². The molecule has 96 valence electrons. The third-order valence-corrected chi connectivity index (χ3v) is 3.62. The molecule has 0 aromatic heterocycles. The lowest BCUT2D eigenvalue weighted by molar-refractivity contribution is 0.0227. The first kappa shape index (κ1) is 14.2. The van der Waals surface area contributed by atoms with Crippen molar-refractivity contribution in [2.75, 3.05) is 7.11 Å². The average Bonchev–Trinajstić information content (AvgIpc) is 2.15. The highest BCUT2D eigenvalue weighted by molar-refractivity contribution is 7.85. The fourth-order valence-corrected chi connectivity index (χ4v) is 2.33. The van der Waals surface area contributed by atoms with E-state index < -0.39 is 15.7 Å². The van der Waals surface area contributed by atoms with E-state index in [1.54, 1.807) is 19.2 Å². The first-order valence-corrected chi connectivity index (χ1v) is 6.72. The summed E-state index contributed by atoms with van der Waals surface area (Å²) in [5.74, 6) is 0. The molecular formula is C12H18O4S. The molecule has 0 aliphatic carbocycles. The number of aryl methyl sites for hydroxylation is 1. The number of ether oxygens (including phenoxy) is 1. The largest absolute Gasteiger partial charge is 0.378 e. The van der Waals surface area contributed by atoms with E-state index in [0.717, 1.165) is 5.56 Å². The molecule has 0 aliphatic rings. The molecule has 0 amide bonds. The zero-order chi connectivity index (χ0) is 13.3. The normalized spacial score (nSPS) is 12.8. The second kappa shape index (κ2) is 4.76. The van der Waals surface area contributed by atoms with E-state index in [0.29, 0.717) is 12.0 Å². The van der Waals surface area contributed by atoms with Gasteiger partial charge in [-0.05, 0) is 32.4 Å². The van der Waals surface area contributed by atoms with E-state index in [2.05, 4.69) is 0 Å². The van der Waals surface area contributed by atoms with Gasteiger partial charge >= 0.3 is 0 Å². The lowest BCUT2D eigenvalue weighted by Crippen LogP contribution is -2.26. The number of hydrogen-bond donors (Lipinski definition) is 1. The molecule has 0 spiro atoms. The minimum absolute atomic E-state index is 0.0479. The van der Waals surface area contributed by atoms with Gasteiger partial charge in [0.05, 0.1) is 10.5 Å². The zero-order valence-corrected chi connectivity index (χ0v) is 11.3. The van der Waals surface area contributed by atoms with Crippen molar-refractivity contribution in [3.8, 4) is 0 Å². The van der Waals surface area contributed by atoms with Crippen molar-refractivity contribution < 1.29 is 17.7 Å². The summed E-state index contributed by atoms with van der Waals surface area (Å²) in [6.45, 7) is 5.60. The van der Waals surface area contributed by atoms with Crippen molar-refractivity contribution in [3.05, 3.63) is 29.3 Å². The molecule has 17 heavy (non-hydrogen) atoms. The summed E-state index contributed by atoms with van der Waals surface area (Å²) in [7, 11) is -2.61. The van der Waals surface area contributed by atoms with Gasteiger partial charge in [0.25, 0.3) is 10.1 Å². The lowest BCUT2D eigenvalue weighted by atomic mass is 9.97. The minimum Gasteiger partial charge on any atom is -0.378 e. The SMILES string of the molecule is COC(C)(C)Cc1cc(C)ccc1S(=O)(=O)O. The van der Waals surface area contributed by atoms with Crippen LogP contribution in [0.3, 0.4) is 0 Å². The van der Waals surface area contributed by atoms with Gasteiger partial charge in [0, 0.05) is 13.5 Å². The summed E-state index contributed by atoms with van der Waals surface area (Å²) < 4.78 is 36.9. The van der Waals surface area contributed by atoms with Crippen molar-refractivity contribution in [2.24, 2.45) is 0 Å². The van der Waals surface area contributed by atoms with Crippen LogP contribution in [0.2, 0.25) is 0 Å². The van der Waals surface area contributed by atoms with Crippen LogP contribution in [0.5, 0.6) is 0 Å². The topological polar surface area (TPSA) is 63.6 Å². The predicted molar refractivity (Wildman–Crippen MR) is 65.8 cm³/mol. The Morgan fingerprint density at radius 1 is 1.35 bits per heavy atom. The molecule has 0 unspecified atom stereocenters. The molecule has 0 bridgehead atoms. The summed E-state index contributed by atoms with van der Waals surface area (Å²) >= 11 is 0. The molecule has 0 fully saturated rings. The average molecular weight is 258 g/mol. The second-order valence-electron chi connectivity index (χ2n) is 4.73. The maximum Gasteiger partial charge on any atom is 0.294 e. The summed E-state index contributed by atoms with van der Waals surface area (Å²) in [5, 5.41) is 0. The summed E-state index contributed by atoms with van der Waals surface area (Å²) in [6.07, 6.45) is 0.417. The molecule has 1 rings (SSSR count). The summed E-state index contributed by atoms with van der Waals surface area (Å²) in [4.78, 5) is -0.0479. The van der Waals surface area contributed by atoms with E-state index in [4.69, 9.17) is 9.29 Å². The van der Waals surface area contributed by atoms with Gasteiger partial charge in [-0.15, -0.1) is 0 Å². The molecule has 0 saturated heterocycles. The van der Waals surface area contributed by atoms with Gasteiger partial charge in [-0.3, -0.25) is 4.55 Å². The fraction of sp³-hybridized carbons (Fsp3) is 0.500. The fourth-order valence-electron chi connectivity index (χ4n) is 1.63. The maximum absolute atomic E-state index is 11.3. The van der Waals surface area contributed by atoms with Gasteiger partial charge in [-0.1, -0.05) is 17.7 Å². The Labute approximate surface area is 102 Å². The molecule has 1 N–H and O–H groups in total. The van der Waals surface area contributed by atoms with Gasteiger partial charge in [0.1, 0.15) is 0 Å². The van der Waals surface area contributed by atoms with Crippen LogP contribution in [0.15, 0.2) is 23.1 Å². The van der Waals surface area contributed by atoms with Crippen LogP contribution >= 0.6 is 0 Å². The predicted octanol–water partition coefficient (Wildman–Crippen LogP) is 2.21. The Bertz CT molecular complexity index is 503. The summed E-state index contributed by atoms with van der Waals surface area (Å²) in [6, 6.07) is 4.84. The van der Waals surface area contributed by atoms with Gasteiger partial charge in [-0.25, -0.2) is 0 Å². The molecule has 0 heterocycles. The van der Waals surface area contributed by atoms with Crippen molar-refractivity contribution in [2.45, 2.75) is 37.7 Å². The number of rotatable bonds is 4. The van der Waals surface area contributed by atoms with Crippen LogP contribution in [0.1, 0.15) is 25.0 Å². The van der Waals surface area contributed by atoms with Crippen molar-refractivity contribution in [1.29, 1.82) is 0 Å². The second-order valence-corrected chi connectivity index (χ2v) is 6.12. The van der Waals surface area contributed by atoms with Crippen LogP contribution in [-0.4, -0.2) is 25.7 Å². The minimum atomic E-state index is -4.19. The first-order chi connectivity index (χ1) is 7.65. The molecule has 0 saturated carbocycles. The monoisotopic (exact) mass is 258 g/mol. The van der Waals surface area contributed by atoms with Crippen LogP contribution < -0.4 is 0 Å². The van der Waals surface area contributed by atoms with E-state index >= 15 is 0 Å². The smallest absolute Gasteiger partial charge is 0.294 e. The van der Waals surface area contributed by atoms with Gasteiger partial charge < -0.3 is 4.74 Å². The number of benzene rings is 1. The molecular weight excluding hydrogens is 240 g/mol. The molecule has 5 heteroatoms. The Hall–Kier alpha value is -0.910. The lowest BCUT2D eigenvalue weighted by Gasteiger charge is -2.24. The number of hydrogen-bond acceptors (Lipinski definition) is 3. The first-order valence-electron chi connectivity index (χ1n) is 5.28. The maximum atomic E-state index is 11.3. The Kier molecular flexibility index (Phi) is 3.96. The highest BCUT2D eigenvalue weighted by Gasteiger charge is 2.23. The molecule has 0 atom stereocenters. The third-order valence-electron chi connectivity index (χ3n) is 2.66. The van der Waals surface area contributed by atoms with Crippen molar-refractivity contribution >= 4 is 10.1 Å². The van der Waals surface area contributed by atoms with Gasteiger partial charge in [0.15, 0.2) is 0 Å². The summed E-state index contributed by atoms with van der Waals surface area (Å²) in [5.41, 5.74) is 1.03. The van der Waals surface area contributed by atoms with Crippen LogP contribution in [0.25, 0.3) is 0 Å². The molecule has 0 aliphatic heterocycles. The van der Waals surface area contributed by atoms with Crippen LogP contribution in [0.4, 0.5) is 0 Å². The van der Waals surface area contributed by atoms with Crippen molar-refractivity contribution in [1.82, 2.24) is 0 Å². The Balaban J connectivity index is 3.27. The zero-order valence-electron chi connectivity index (χ0n) is 10.5. The molecule has 0 radical (unpaired) electrons.